The molecule has 1 unspecified atom stereocenters. The zero-order valence-corrected chi connectivity index (χ0v) is 11.2. The lowest BCUT2D eigenvalue weighted by atomic mass is 10.1. The first-order chi connectivity index (χ1) is 9.15. The second kappa shape index (κ2) is 4.55. The Bertz CT molecular complexity index is 612. The molecule has 2 N–H and O–H groups in total. The van der Waals surface area contributed by atoms with E-state index in [2.05, 4.69) is 4.98 Å². The van der Waals surface area contributed by atoms with Crippen LogP contribution in [0.15, 0.2) is 29.8 Å². The molecular formula is C13H13N3O2S. The zero-order valence-electron chi connectivity index (χ0n) is 10.4. The number of nitrogen functional groups attached to an aromatic ring is 1. The molecule has 2 aromatic rings. The molecule has 0 bridgehead atoms. The van der Waals surface area contributed by atoms with Gasteiger partial charge in [-0.15, -0.1) is 11.3 Å². The van der Waals surface area contributed by atoms with E-state index in [1.807, 2.05) is 11.4 Å². The number of fused-ring (bicyclic) bond motifs is 1. The number of carbonyl (C=O) groups excluding carboxylic acids is 1. The lowest BCUT2D eigenvalue weighted by Crippen LogP contribution is -2.44. The van der Waals surface area contributed by atoms with Gasteiger partial charge in [0.2, 0.25) is 0 Å². The molecule has 0 saturated heterocycles. The molecule has 1 atom stereocenters. The van der Waals surface area contributed by atoms with Crippen molar-refractivity contribution < 1.29 is 9.53 Å². The van der Waals surface area contributed by atoms with Crippen LogP contribution in [0.3, 0.4) is 0 Å². The minimum atomic E-state index is -0.505. The molecule has 1 amide bonds. The minimum Gasteiger partial charge on any atom is -0.479 e. The number of carbonyl (C=O) groups is 1. The molecule has 0 fully saturated rings. The number of nitrogens with zero attached hydrogens (tertiary/aromatic N) is 2. The highest BCUT2D eigenvalue weighted by molar-refractivity contribution is 7.09. The van der Waals surface area contributed by atoms with Gasteiger partial charge in [0.05, 0.1) is 12.2 Å². The van der Waals surface area contributed by atoms with Crippen molar-refractivity contribution in [2.75, 3.05) is 10.6 Å². The summed E-state index contributed by atoms with van der Waals surface area (Å²) < 4.78 is 5.59. The summed E-state index contributed by atoms with van der Waals surface area (Å²) >= 11 is 1.53. The molecule has 6 heteroatoms. The van der Waals surface area contributed by atoms with Gasteiger partial charge in [0.25, 0.3) is 5.91 Å². The molecule has 0 aliphatic carbocycles. The summed E-state index contributed by atoms with van der Waals surface area (Å²) in [5.41, 5.74) is 7.11. The van der Waals surface area contributed by atoms with Gasteiger partial charge >= 0.3 is 0 Å². The van der Waals surface area contributed by atoms with Crippen molar-refractivity contribution in [1.82, 2.24) is 4.98 Å². The third-order valence-corrected chi connectivity index (χ3v) is 3.73. The van der Waals surface area contributed by atoms with E-state index in [0.29, 0.717) is 18.0 Å². The predicted octanol–water partition coefficient (Wildman–Crippen LogP) is 2.04. The Hall–Kier alpha value is -2.08. The SMILES string of the molecule is CC1Oc2cc(N)ccc2N(Cc2nccs2)C1=O. The average molecular weight is 275 g/mol. The fourth-order valence-corrected chi connectivity index (χ4v) is 2.66. The van der Waals surface area contributed by atoms with Crippen molar-refractivity contribution in [3.63, 3.8) is 0 Å². The molecule has 0 radical (unpaired) electrons. The monoisotopic (exact) mass is 275 g/mol. The lowest BCUT2D eigenvalue weighted by Gasteiger charge is -2.32. The number of hydrogen-bond donors (Lipinski definition) is 1. The Morgan fingerprint density at radius 1 is 1.53 bits per heavy atom. The molecule has 2 heterocycles. The normalized spacial score (nSPS) is 18.1. The molecule has 0 spiro atoms. The van der Waals surface area contributed by atoms with Gasteiger partial charge in [-0.3, -0.25) is 9.69 Å². The molecule has 98 valence electrons. The van der Waals surface area contributed by atoms with Crippen LogP contribution in [0.25, 0.3) is 0 Å². The molecule has 1 aliphatic heterocycles. The van der Waals surface area contributed by atoms with Crippen LogP contribution in [0.5, 0.6) is 5.75 Å². The third-order valence-electron chi connectivity index (χ3n) is 2.97. The number of aromatic nitrogens is 1. The maximum absolute atomic E-state index is 12.2. The molecule has 1 aromatic carbocycles. The number of anilines is 2. The maximum atomic E-state index is 12.2. The summed E-state index contributed by atoms with van der Waals surface area (Å²) in [7, 11) is 0. The topological polar surface area (TPSA) is 68.5 Å². The average Bonchev–Trinajstić information content (AvgIpc) is 2.87. The first-order valence-electron chi connectivity index (χ1n) is 5.91. The number of ether oxygens (including phenoxy) is 1. The van der Waals surface area contributed by atoms with Gasteiger partial charge in [0.15, 0.2) is 6.10 Å². The molecule has 0 saturated carbocycles. The molecular weight excluding hydrogens is 262 g/mol. The largest absolute Gasteiger partial charge is 0.479 e. The van der Waals surface area contributed by atoms with E-state index in [1.54, 1.807) is 30.2 Å². The summed E-state index contributed by atoms with van der Waals surface area (Å²) in [5.74, 6) is 0.580. The van der Waals surface area contributed by atoms with E-state index in [-0.39, 0.29) is 5.91 Å². The number of amides is 1. The smallest absolute Gasteiger partial charge is 0.268 e. The van der Waals surface area contributed by atoms with Crippen molar-refractivity contribution in [2.45, 2.75) is 19.6 Å². The standard InChI is InChI=1S/C13H13N3O2S/c1-8-13(17)16(7-12-15-4-5-19-12)10-3-2-9(14)6-11(10)18-8/h2-6,8H,7,14H2,1H3. The number of thiazole rings is 1. The summed E-state index contributed by atoms with van der Waals surface area (Å²) in [6.07, 6.45) is 1.23. The third kappa shape index (κ3) is 2.15. The number of rotatable bonds is 2. The van der Waals surface area contributed by atoms with Gasteiger partial charge in [0, 0.05) is 23.3 Å². The van der Waals surface area contributed by atoms with E-state index in [1.165, 1.54) is 11.3 Å². The molecule has 19 heavy (non-hydrogen) atoms. The summed E-state index contributed by atoms with van der Waals surface area (Å²) in [6, 6.07) is 5.31. The van der Waals surface area contributed by atoms with Crippen molar-refractivity contribution >= 4 is 28.6 Å². The van der Waals surface area contributed by atoms with Gasteiger partial charge < -0.3 is 10.5 Å². The second-order valence-electron chi connectivity index (χ2n) is 4.34. The van der Waals surface area contributed by atoms with Crippen LogP contribution in [0.1, 0.15) is 11.9 Å². The first kappa shape index (κ1) is 12.0. The van der Waals surface area contributed by atoms with Gasteiger partial charge in [-0.2, -0.15) is 0 Å². The van der Waals surface area contributed by atoms with E-state index < -0.39 is 6.10 Å². The molecule has 3 rings (SSSR count). The summed E-state index contributed by atoms with van der Waals surface area (Å²) in [6.45, 7) is 2.20. The van der Waals surface area contributed by atoms with E-state index in [0.717, 1.165) is 10.7 Å². The Morgan fingerprint density at radius 2 is 2.37 bits per heavy atom. The molecule has 1 aliphatic rings. The highest BCUT2D eigenvalue weighted by Crippen LogP contribution is 2.36. The quantitative estimate of drug-likeness (QED) is 0.852. The van der Waals surface area contributed by atoms with E-state index in [9.17, 15) is 4.79 Å². The number of hydrogen-bond acceptors (Lipinski definition) is 5. The van der Waals surface area contributed by atoms with Crippen LogP contribution in [-0.4, -0.2) is 17.0 Å². The fourth-order valence-electron chi connectivity index (χ4n) is 2.06. The minimum absolute atomic E-state index is 0.0625. The van der Waals surface area contributed by atoms with E-state index >= 15 is 0 Å². The second-order valence-corrected chi connectivity index (χ2v) is 5.32. The highest BCUT2D eigenvalue weighted by atomic mass is 32.1. The fraction of sp³-hybridized carbons (Fsp3) is 0.231. The Labute approximate surface area is 114 Å². The first-order valence-corrected chi connectivity index (χ1v) is 6.79. The zero-order chi connectivity index (χ0) is 13.4. The van der Waals surface area contributed by atoms with Gasteiger partial charge in [-0.05, 0) is 19.1 Å². The van der Waals surface area contributed by atoms with Crippen molar-refractivity contribution in [3.05, 3.63) is 34.8 Å². The number of nitrogens with two attached hydrogens (primary N) is 1. The van der Waals surface area contributed by atoms with Crippen molar-refractivity contribution in [2.24, 2.45) is 0 Å². The maximum Gasteiger partial charge on any atom is 0.268 e. The van der Waals surface area contributed by atoms with E-state index in [4.69, 9.17) is 10.5 Å². The van der Waals surface area contributed by atoms with Crippen LogP contribution in [0.2, 0.25) is 0 Å². The van der Waals surface area contributed by atoms with Crippen LogP contribution >= 0.6 is 11.3 Å². The van der Waals surface area contributed by atoms with Gasteiger partial charge in [-0.25, -0.2) is 4.98 Å². The van der Waals surface area contributed by atoms with Crippen molar-refractivity contribution in [3.8, 4) is 5.75 Å². The Kier molecular flexibility index (Phi) is 2.87. The van der Waals surface area contributed by atoms with Crippen LogP contribution in [0, 0.1) is 0 Å². The Morgan fingerprint density at radius 3 is 3.11 bits per heavy atom. The Balaban J connectivity index is 2.00. The number of benzene rings is 1. The predicted molar refractivity (Wildman–Crippen MR) is 74.2 cm³/mol. The summed E-state index contributed by atoms with van der Waals surface area (Å²) in [4.78, 5) is 18.2. The lowest BCUT2D eigenvalue weighted by molar-refractivity contribution is -0.125. The summed E-state index contributed by atoms with van der Waals surface area (Å²) in [5, 5.41) is 2.79. The molecule has 5 nitrogen and oxygen atoms in total. The van der Waals surface area contributed by atoms with Crippen molar-refractivity contribution in [1.29, 1.82) is 0 Å². The highest BCUT2D eigenvalue weighted by Gasteiger charge is 2.31. The molecule has 1 aromatic heterocycles. The van der Waals surface area contributed by atoms with Crippen LogP contribution in [-0.2, 0) is 11.3 Å². The van der Waals surface area contributed by atoms with Crippen LogP contribution in [0.4, 0.5) is 11.4 Å². The van der Waals surface area contributed by atoms with Crippen LogP contribution < -0.4 is 15.4 Å². The van der Waals surface area contributed by atoms with Gasteiger partial charge in [-0.1, -0.05) is 0 Å². The van der Waals surface area contributed by atoms with Gasteiger partial charge in [0.1, 0.15) is 10.8 Å².